The van der Waals surface area contributed by atoms with E-state index in [-0.39, 0.29) is 12.5 Å². The maximum absolute atomic E-state index is 11.8. The lowest BCUT2D eigenvalue weighted by Crippen LogP contribution is -2.28. The number of anilines is 1. The first-order valence-electron chi connectivity index (χ1n) is 6.32. The highest BCUT2D eigenvalue weighted by atomic mass is 79.9. The van der Waals surface area contributed by atoms with Gasteiger partial charge >= 0.3 is 0 Å². The van der Waals surface area contributed by atoms with E-state index in [4.69, 9.17) is 0 Å². The van der Waals surface area contributed by atoms with Crippen LogP contribution in [0.1, 0.15) is 11.3 Å². The van der Waals surface area contributed by atoms with Crippen molar-refractivity contribution in [1.29, 1.82) is 0 Å². The van der Waals surface area contributed by atoms with Crippen LogP contribution in [-0.2, 0) is 11.3 Å². The van der Waals surface area contributed by atoms with Crippen LogP contribution >= 0.6 is 15.9 Å². The highest BCUT2D eigenvalue weighted by Crippen LogP contribution is 2.23. The molecule has 4 nitrogen and oxygen atoms in total. The minimum absolute atomic E-state index is 0.0783. The molecule has 1 aromatic heterocycles. The Bertz CT molecular complexity index is 587. The fourth-order valence-electron chi connectivity index (χ4n) is 1.72. The molecule has 5 heteroatoms. The molecule has 1 aromatic carbocycles. The number of aryl methyl sites for hydroxylation is 1. The Hall–Kier alpha value is -1.72. The maximum atomic E-state index is 11.8. The van der Waals surface area contributed by atoms with Gasteiger partial charge in [0.15, 0.2) is 0 Å². The van der Waals surface area contributed by atoms with Crippen LogP contribution in [0.25, 0.3) is 0 Å². The number of aromatic nitrogens is 1. The van der Waals surface area contributed by atoms with Gasteiger partial charge in [-0.3, -0.25) is 9.78 Å². The van der Waals surface area contributed by atoms with Gasteiger partial charge in [0, 0.05) is 17.2 Å². The lowest BCUT2D eigenvalue weighted by molar-refractivity contribution is -0.115. The minimum Gasteiger partial charge on any atom is -0.324 e. The molecule has 0 atom stereocenters. The largest absolute Gasteiger partial charge is 0.324 e. The highest BCUT2D eigenvalue weighted by molar-refractivity contribution is 9.10. The number of hydrogen-bond donors (Lipinski definition) is 2. The summed E-state index contributed by atoms with van der Waals surface area (Å²) in [5, 5.41) is 5.92. The van der Waals surface area contributed by atoms with Gasteiger partial charge in [-0.15, -0.1) is 0 Å². The summed E-state index contributed by atoms with van der Waals surface area (Å²) in [7, 11) is 0. The van der Waals surface area contributed by atoms with E-state index >= 15 is 0 Å². The number of carbonyl (C=O) groups is 1. The third kappa shape index (κ3) is 4.43. The van der Waals surface area contributed by atoms with Gasteiger partial charge in [0.2, 0.25) is 5.91 Å². The van der Waals surface area contributed by atoms with Crippen molar-refractivity contribution < 1.29 is 4.79 Å². The molecule has 2 aromatic rings. The van der Waals surface area contributed by atoms with Crippen LogP contribution in [0.4, 0.5) is 5.69 Å². The molecular formula is C15H16BrN3O. The van der Waals surface area contributed by atoms with Gasteiger partial charge in [-0.05, 0) is 52.7 Å². The van der Waals surface area contributed by atoms with Crippen molar-refractivity contribution in [2.75, 3.05) is 11.9 Å². The summed E-state index contributed by atoms with van der Waals surface area (Å²) in [4.78, 5) is 16.0. The molecule has 0 radical (unpaired) electrons. The maximum Gasteiger partial charge on any atom is 0.238 e. The molecule has 0 aliphatic rings. The highest BCUT2D eigenvalue weighted by Gasteiger charge is 2.05. The Balaban J connectivity index is 1.81. The van der Waals surface area contributed by atoms with Gasteiger partial charge < -0.3 is 10.6 Å². The third-order valence-corrected chi connectivity index (χ3v) is 3.37. The molecule has 0 fully saturated rings. The van der Waals surface area contributed by atoms with E-state index in [1.54, 1.807) is 6.20 Å². The predicted molar refractivity (Wildman–Crippen MR) is 83.5 cm³/mol. The van der Waals surface area contributed by atoms with Gasteiger partial charge in [0.1, 0.15) is 0 Å². The molecule has 0 unspecified atom stereocenters. The number of pyridine rings is 1. The average molecular weight is 334 g/mol. The Morgan fingerprint density at radius 1 is 1.30 bits per heavy atom. The van der Waals surface area contributed by atoms with Gasteiger partial charge in [-0.2, -0.15) is 0 Å². The normalized spacial score (nSPS) is 10.3. The molecule has 0 spiro atoms. The van der Waals surface area contributed by atoms with Crippen molar-refractivity contribution in [1.82, 2.24) is 10.3 Å². The van der Waals surface area contributed by atoms with Gasteiger partial charge in [-0.25, -0.2) is 0 Å². The van der Waals surface area contributed by atoms with Gasteiger partial charge in [0.25, 0.3) is 0 Å². The quantitative estimate of drug-likeness (QED) is 0.884. The van der Waals surface area contributed by atoms with E-state index in [0.29, 0.717) is 6.54 Å². The fourth-order valence-corrected chi connectivity index (χ4v) is 2.32. The molecule has 104 valence electrons. The van der Waals surface area contributed by atoms with Crippen molar-refractivity contribution in [2.45, 2.75) is 13.5 Å². The third-order valence-electron chi connectivity index (χ3n) is 2.72. The van der Waals surface area contributed by atoms with Crippen molar-refractivity contribution >= 4 is 27.5 Å². The van der Waals surface area contributed by atoms with Crippen LogP contribution in [0.5, 0.6) is 0 Å². The first kappa shape index (κ1) is 14.7. The number of halogens is 1. The SMILES string of the molecule is Cc1ccc(NC(=O)CNCc2ccccn2)c(Br)c1. The predicted octanol–water partition coefficient (Wildman–Crippen LogP) is 2.88. The number of nitrogens with one attached hydrogen (secondary N) is 2. The number of carbonyl (C=O) groups excluding carboxylic acids is 1. The molecule has 0 bridgehead atoms. The van der Waals surface area contributed by atoms with E-state index in [1.165, 1.54) is 0 Å². The van der Waals surface area contributed by atoms with Crippen LogP contribution in [-0.4, -0.2) is 17.4 Å². The van der Waals surface area contributed by atoms with Crippen molar-refractivity contribution in [2.24, 2.45) is 0 Å². The van der Waals surface area contributed by atoms with Crippen molar-refractivity contribution in [3.8, 4) is 0 Å². The van der Waals surface area contributed by atoms with Crippen LogP contribution < -0.4 is 10.6 Å². The summed E-state index contributed by atoms with van der Waals surface area (Å²) < 4.78 is 0.885. The van der Waals surface area contributed by atoms with Crippen LogP contribution in [0.3, 0.4) is 0 Å². The first-order chi connectivity index (χ1) is 9.65. The smallest absolute Gasteiger partial charge is 0.238 e. The lowest BCUT2D eigenvalue weighted by Gasteiger charge is -2.09. The summed E-state index contributed by atoms with van der Waals surface area (Å²) in [5.74, 6) is -0.0783. The average Bonchev–Trinajstić information content (AvgIpc) is 2.43. The second-order valence-corrected chi connectivity index (χ2v) is 5.31. The van der Waals surface area contributed by atoms with E-state index in [0.717, 1.165) is 21.4 Å². The molecule has 0 aliphatic carbocycles. The van der Waals surface area contributed by atoms with E-state index < -0.39 is 0 Å². The van der Waals surface area contributed by atoms with Gasteiger partial charge in [0.05, 0.1) is 17.9 Å². The van der Waals surface area contributed by atoms with Crippen molar-refractivity contribution in [3.63, 3.8) is 0 Å². The molecule has 1 heterocycles. The Morgan fingerprint density at radius 3 is 2.85 bits per heavy atom. The second kappa shape index (κ2) is 7.17. The number of amides is 1. The number of nitrogens with zero attached hydrogens (tertiary/aromatic N) is 1. The van der Waals surface area contributed by atoms with Gasteiger partial charge in [-0.1, -0.05) is 12.1 Å². The van der Waals surface area contributed by atoms with Crippen molar-refractivity contribution in [3.05, 3.63) is 58.3 Å². The summed E-state index contributed by atoms with van der Waals surface area (Å²) >= 11 is 3.44. The Labute approximate surface area is 126 Å². The van der Waals surface area contributed by atoms with E-state index in [9.17, 15) is 4.79 Å². The second-order valence-electron chi connectivity index (χ2n) is 4.46. The summed E-state index contributed by atoms with van der Waals surface area (Å²) in [6.45, 7) is 2.82. The molecular weight excluding hydrogens is 318 g/mol. The minimum atomic E-state index is -0.0783. The standard InChI is InChI=1S/C15H16BrN3O/c1-11-5-6-14(13(16)8-11)19-15(20)10-17-9-12-4-2-3-7-18-12/h2-8,17H,9-10H2,1H3,(H,19,20). The van der Waals surface area contributed by atoms with E-state index in [1.807, 2.05) is 43.3 Å². The summed E-state index contributed by atoms with van der Waals surface area (Å²) in [6.07, 6.45) is 1.74. The summed E-state index contributed by atoms with van der Waals surface area (Å²) in [5.41, 5.74) is 2.83. The summed E-state index contributed by atoms with van der Waals surface area (Å²) in [6, 6.07) is 11.5. The van der Waals surface area contributed by atoms with Crippen LogP contribution in [0.15, 0.2) is 47.1 Å². The zero-order valence-corrected chi connectivity index (χ0v) is 12.8. The zero-order valence-electron chi connectivity index (χ0n) is 11.2. The Kier molecular flexibility index (Phi) is 5.26. The topological polar surface area (TPSA) is 54.0 Å². The molecule has 0 saturated heterocycles. The number of hydrogen-bond acceptors (Lipinski definition) is 3. The Morgan fingerprint density at radius 2 is 2.15 bits per heavy atom. The molecule has 0 saturated carbocycles. The molecule has 2 N–H and O–H groups in total. The molecule has 20 heavy (non-hydrogen) atoms. The molecule has 0 aliphatic heterocycles. The fraction of sp³-hybridized carbons (Fsp3) is 0.200. The first-order valence-corrected chi connectivity index (χ1v) is 7.11. The molecule has 2 rings (SSSR count). The molecule has 1 amide bonds. The number of rotatable bonds is 5. The van der Waals surface area contributed by atoms with Crippen LogP contribution in [0.2, 0.25) is 0 Å². The van der Waals surface area contributed by atoms with Crippen LogP contribution in [0, 0.1) is 6.92 Å². The lowest BCUT2D eigenvalue weighted by atomic mass is 10.2. The zero-order chi connectivity index (χ0) is 14.4. The monoisotopic (exact) mass is 333 g/mol. The van der Waals surface area contributed by atoms with E-state index in [2.05, 4.69) is 31.5 Å². The number of benzene rings is 1.